The van der Waals surface area contributed by atoms with E-state index in [1.807, 2.05) is 7.11 Å². The molecule has 3 fully saturated rings. The number of rotatable bonds is 3. The summed E-state index contributed by atoms with van der Waals surface area (Å²) in [4.78, 5) is 0. The van der Waals surface area contributed by atoms with Crippen molar-refractivity contribution < 1.29 is 14.2 Å². The van der Waals surface area contributed by atoms with Crippen molar-refractivity contribution in [3.05, 3.63) is 0 Å². The van der Waals surface area contributed by atoms with E-state index in [2.05, 4.69) is 5.32 Å². The molecule has 0 aromatic rings. The quantitative estimate of drug-likeness (QED) is 0.849. The third-order valence-corrected chi connectivity index (χ3v) is 5.09. The van der Waals surface area contributed by atoms with E-state index in [9.17, 15) is 0 Å². The molecule has 4 nitrogen and oxygen atoms in total. The molecule has 1 saturated carbocycles. The van der Waals surface area contributed by atoms with Crippen molar-refractivity contribution in [2.24, 2.45) is 0 Å². The van der Waals surface area contributed by atoms with Gasteiger partial charge in [-0.15, -0.1) is 0 Å². The molecule has 2 saturated heterocycles. The lowest BCUT2D eigenvalue weighted by Crippen LogP contribution is -2.51. The predicted molar refractivity (Wildman–Crippen MR) is 73.3 cm³/mol. The predicted octanol–water partition coefficient (Wildman–Crippen LogP) is 1.87. The largest absolute Gasteiger partial charge is 0.381 e. The minimum atomic E-state index is 0.105. The molecule has 1 N–H and O–H groups in total. The van der Waals surface area contributed by atoms with E-state index in [-0.39, 0.29) is 5.60 Å². The summed E-state index contributed by atoms with van der Waals surface area (Å²) in [6, 6.07) is 1.26. The fourth-order valence-corrected chi connectivity index (χ4v) is 3.90. The van der Waals surface area contributed by atoms with Gasteiger partial charge in [-0.05, 0) is 44.9 Å². The number of ether oxygens (including phenoxy) is 3. The lowest BCUT2D eigenvalue weighted by Gasteiger charge is -2.44. The van der Waals surface area contributed by atoms with Gasteiger partial charge in [0.25, 0.3) is 0 Å². The van der Waals surface area contributed by atoms with Gasteiger partial charge in [0.15, 0.2) is 0 Å². The van der Waals surface area contributed by atoms with Gasteiger partial charge >= 0.3 is 0 Å². The highest BCUT2D eigenvalue weighted by Crippen LogP contribution is 2.35. The number of hydrogen-bond donors (Lipinski definition) is 1. The maximum Gasteiger partial charge on any atom is 0.0741 e. The molecule has 0 bridgehead atoms. The molecule has 1 aliphatic carbocycles. The number of methoxy groups -OCH3 is 1. The summed E-state index contributed by atoms with van der Waals surface area (Å²) in [5.74, 6) is 0. The van der Waals surface area contributed by atoms with Gasteiger partial charge in [0, 0.05) is 39.0 Å². The molecular weight excluding hydrogens is 242 g/mol. The summed E-state index contributed by atoms with van der Waals surface area (Å²) in [5, 5.41) is 3.85. The van der Waals surface area contributed by atoms with Gasteiger partial charge < -0.3 is 19.5 Å². The van der Waals surface area contributed by atoms with Crippen LogP contribution in [0.25, 0.3) is 0 Å². The van der Waals surface area contributed by atoms with E-state index in [0.29, 0.717) is 18.2 Å². The van der Waals surface area contributed by atoms with Crippen molar-refractivity contribution >= 4 is 0 Å². The second kappa shape index (κ2) is 6.08. The van der Waals surface area contributed by atoms with E-state index in [1.165, 1.54) is 19.3 Å². The number of hydrogen-bond acceptors (Lipinski definition) is 4. The highest BCUT2D eigenvalue weighted by atomic mass is 16.5. The van der Waals surface area contributed by atoms with E-state index in [0.717, 1.165) is 45.5 Å². The maximum atomic E-state index is 6.10. The Labute approximate surface area is 116 Å². The Morgan fingerprint density at radius 1 is 1.05 bits per heavy atom. The van der Waals surface area contributed by atoms with Crippen LogP contribution in [0.2, 0.25) is 0 Å². The molecule has 0 aromatic heterocycles. The van der Waals surface area contributed by atoms with Crippen LogP contribution >= 0.6 is 0 Å². The van der Waals surface area contributed by atoms with Crippen LogP contribution in [0.5, 0.6) is 0 Å². The first-order valence-electron chi connectivity index (χ1n) is 7.80. The third kappa shape index (κ3) is 3.30. The Balaban J connectivity index is 1.51. The standard InChI is InChI=1S/C15H27NO3/c1-17-14-3-2-12(10-14)16-13-4-7-19-15(11-13)5-8-18-9-6-15/h12-14,16H,2-11H2,1H3. The fourth-order valence-electron chi connectivity index (χ4n) is 3.90. The molecule has 3 aliphatic rings. The molecule has 2 heterocycles. The maximum absolute atomic E-state index is 6.10. The minimum Gasteiger partial charge on any atom is -0.381 e. The van der Waals surface area contributed by atoms with Gasteiger partial charge in [-0.25, -0.2) is 0 Å². The van der Waals surface area contributed by atoms with Gasteiger partial charge in [-0.1, -0.05) is 0 Å². The highest BCUT2D eigenvalue weighted by molar-refractivity contribution is 4.93. The Morgan fingerprint density at radius 2 is 1.89 bits per heavy atom. The fraction of sp³-hybridized carbons (Fsp3) is 1.00. The summed E-state index contributed by atoms with van der Waals surface area (Å²) in [6.07, 6.45) is 8.54. The van der Waals surface area contributed by atoms with E-state index in [4.69, 9.17) is 14.2 Å². The van der Waals surface area contributed by atoms with Gasteiger partial charge in [-0.2, -0.15) is 0 Å². The average Bonchev–Trinajstić information content (AvgIpc) is 2.87. The molecule has 3 unspecified atom stereocenters. The normalized spacial score (nSPS) is 38.7. The first-order valence-corrected chi connectivity index (χ1v) is 7.80. The average molecular weight is 269 g/mol. The highest BCUT2D eigenvalue weighted by Gasteiger charge is 2.39. The van der Waals surface area contributed by atoms with Crippen molar-refractivity contribution in [1.82, 2.24) is 5.32 Å². The Bertz CT molecular complexity index is 286. The van der Waals surface area contributed by atoms with Crippen LogP contribution < -0.4 is 5.32 Å². The molecule has 2 aliphatic heterocycles. The SMILES string of the molecule is COC1CCC(NC2CCOC3(CCOCC3)C2)C1. The molecule has 0 amide bonds. The van der Waals surface area contributed by atoms with Crippen LogP contribution in [0.3, 0.4) is 0 Å². The molecule has 110 valence electrons. The van der Waals surface area contributed by atoms with Crippen LogP contribution in [0.15, 0.2) is 0 Å². The zero-order valence-corrected chi connectivity index (χ0v) is 12.0. The van der Waals surface area contributed by atoms with Crippen molar-refractivity contribution in [3.63, 3.8) is 0 Å². The summed E-state index contributed by atoms with van der Waals surface area (Å²) < 4.78 is 17.0. The van der Waals surface area contributed by atoms with Gasteiger partial charge in [0.2, 0.25) is 0 Å². The second-order valence-electron chi connectivity index (χ2n) is 6.37. The molecule has 3 rings (SSSR count). The number of nitrogens with one attached hydrogen (secondary N) is 1. The summed E-state index contributed by atoms with van der Waals surface area (Å²) in [6.45, 7) is 2.63. The van der Waals surface area contributed by atoms with Crippen LogP contribution in [-0.2, 0) is 14.2 Å². The molecular formula is C15H27NO3. The lowest BCUT2D eigenvalue weighted by molar-refractivity contribution is -0.140. The van der Waals surface area contributed by atoms with Crippen molar-refractivity contribution in [2.45, 2.75) is 68.7 Å². The van der Waals surface area contributed by atoms with Crippen molar-refractivity contribution in [2.75, 3.05) is 26.9 Å². The van der Waals surface area contributed by atoms with Gasteiger partial charge in [0.1, 0.15) is 0 Å². The monoisotopic (exact) mass is 269 g/mol. The summed E-state index contributed by atoms with van der Waals surface area (Å²) in [7, 11) is 1.83. The van der Waals surface area contributed by atoms with Crippen LogP contribution in [0, 0.1) is 0 Å². The van der Waals surface area contributed by atoms with Gasteiger partial charge in [-0.3, -0.25) is 0 Å². The first kappa shape index (κ1) is 13.8. The molecule has 19 heavy (non-hydrogen) atoms. The van der Waals surface area contributed by atoms with Gasteiger partial charge in [0.05, 0.1) is 11.7 Å². The topological polar surface area (TPSA) is 39.7 Å². The Hall–Kier alpha value is -0.160. The smallest absolute Gasteiger partial charge is 0.0741 e. The molecule has 4 heteroatoms. The zero-order chi connectivity index (χ0) is 13.1. The zero-order valence-electron chi connectivity index (χ0n) is 12.0. The molecule has 0 radical (unpaired) electrons. The lowest BCUT2D eigenvalue weighted by atomic mass is 9.84. The molecule has 1 spiro atoms. The van der Waals surface area contributed by atoms with E-state index >= 15 is 0 Å². The first-order chi connectivity index (χ1) is 9.30. The summed E-state index contributed by atoms with van der Waals surface area (Å²) >= 11 is 0. The Kier molecular flexibility index (Phi) is 4.42. The summed E-state index contributed by atoms with van der Waals surface area (Å²) in [5.41, 5.74) is 0.105. The minimum absolute atomic E-state index is 0.105. The molecule has 3 atom stereocenters. The van der Waals surface area contributed by atoms with Crippen LogP contribution in [-0.4, -0.2) is 50.7 Å². The van der Waals surface area contributed by atoms with Crippen molar-refractivity contribution in [1.29, 1.82) is 0 Å². The molecule has 0 aromatic carbocycles. The van der Waals surface area contributed by atoms with Crippen molar-refractivity contribution in [3.8, 4) is 0 Å². The second-order valence-corrected chi connectivity index (χ2v) is 6.37. The Morgan fingerprint density at radius 3 is 2.63 bits per heavy atom. The van der Waals surface area contributed by atoms with Crippen LogP contribution in [0.1, 0.15) is 44.9 Å². The van der Waals surface area contributed by atoms with E-state index in [1.54, 1.807) is 0 Å². The third-order valence-electron chi connectivity index (χ3n) is 5.09. The van der Waals surface area contributed by atoms with Crippen LogP contribution in [0.4, 0.5) is 0 Å². The van der Waals surface area contributed by atoms with E-state index < -0.39 is 0 Å².